The molecule has 0 bridgehead atoms. The van der Waals surface area contributed by atoms with Crippen LogP contribution in [0.2, 0.25) is 0 Å². The van der Waals surface area contributed by atoms with Gasteiger partial charge in [0, 0.05) is 6.42 Å². The van der Waals surface area contributed by atoms with Gasteiger partial charge >= 0.3 is 0 Å². The number of furan rings is 1. The highest BCUT2D eigenvalue weighted by Gasteiger charge is 2.18. The van der Waals surface area contributed by atoms with Crippen molar-refractivity contribution in [2.24, 2.45) is 0 Å². The van der Waals surface area contributed by atoms with Crippen LogP contribution < -0.4 is 5.32 Å². The quantitative estimate of drug-likeness (QED) is 0.771. The Morgan fingerprint density at radius 2 is 2.46 bits per heavy atom. The molecule has 0 saturated carbocycles. The summed E-state index contributed by atoms with van der Waals surface area (Å²) in [6.07, 6.45) is 4.71. The molecule has 1 atom stereocenters. The fourth-order valence-electron chi connectivity index (χ4n) is 1.89. The predicted molar refractivity (Wildman–Crippen MR) is 52.7 cm³/mol. The summed E-state index contributed by atoms with van der Waals surface area (Å²) in [5.74, 6) is 2.26. The first kappa shape index (κ1) is 8.82. The summed E-state index contributed by atoms with van der Waals surface area (Å²) in [7, 11) is 0. The minimum absolute atomic E-state index is 0.477. The molecule has 0 spiro atoms. The molecule has 2 nitrogen and oxygen atoms in total. The summed E-state index contributed by atoms with van der Waals surface area (Å²) in [6.45, 7) is 3.31. The molecule has 0 radical (unpaired) electrons. The van der Waals surface area contributed by atoms with Crippen molar-refractivity contribution in [1.82, 2.24) is 5.32 Å². The van der Waals surface area contributed by atoms with Gasteiger partial charge in [-0.1, -0.05) is 6.92 Å². The third kappa shape index (κ3) is 1.94. The molecule has 0 aromatic carbocycles. The lowest BCUT2D eigenvalue weighted by Crippen LogP contribution is -2.11. The van der Waals surface area contributed by atoms with Crippen molar-refractivity contribution >= 4 is 0 Å². The highest BCUT2D eigenvalue weighted by atomic mass is 16.3. The average molecular weight is 179 g/mol. The summed E-state index contributed by atoms with van der Waals surface area (Å²) in [6, 6.07) is 4.71. The van der Waals surface area contributed by atoms with E-state index in [4.69, 9.17) is 4.42 Å². The smallest absolute Gasteiger partial charge is 0.121 e. The van der Waals surface area contributed by atoms with Crippen LogP contribution in [0.25, 0.3) is 0 Å². The summed E-state index contributed by atoms with van der Waals surface area (Å²) < 4.78 is 5.75. The Hall–Kier alpha value is -0.760. The van der Waals surface area contributed by atoms with Crippen molar-refractivity contribution in [2.45, 2.75) is 38.6 Å². The Labute approximate surface area is 79.3 Å². The third-order valence-electron chi connectivity index (χ3n) is 2.58. The number of hydrogen-bond acceptors (Lipinski definition) is 2. The first-order valence-corrected chi connectivity index (χ1v) is 5.22. The van der Waals surface area contributed by atoms with E-state index in [-0.39, 0.29) is 0 Å². The fourth-order valence-corrected chi connectivity index (χ4v) is 1.89. The van der Waals surface area contributed by atoms with Crippen LogP contribution in [0.1, 0.15) is 43.7 Å². The van der Waals surface area contributed by atoms with Crippen LogP contribution in [0, 0.1) is 0 Å². The van der Waals surface area contributed by atoms with E-state index in [0.717, 1.165) is 30.9 Å². The van der Waals surface area contributed by atoms with Gasteiger partial charge in [-0.2, -0.15) is 0 Å². The van der Waals surface area contributed by atoms with Crippen molar-refractivity contribution in [3.05, 3.63) is 23.7 Å². The molecule has 2 rings (SSSR count). The normalized spacial score (nSPS) is 22.4. The second-order valence-electron chi connectivity index (χ2n) is 3.70. The molecule has 1 aromatic rings. The first-order valence-electron chi connectivity index (χ1n) is 5.22. The van der Waals surface area contributed by atoms with Crippen molar-refractivity contribution in [1.29, 1.82) is 0 Å². The van der Waals surface area contributed by atoms with Gasteiger partial charge in [-0.05, 0) is 37.9 Å². The summed E-state index contributed by atoms with van der Waals surface area (Å²) in [4.78, 5) is 0. The lowest BCUT2D eigenvalue weighted by molar-refractivity contribution is 0.415. The van der Waals surface area contributed by atoms with E-state index in [2.05, 4.69) is 24.4 Å². The molecule has 72 valence electrons. The van der Waals surface area contributed by atoms with E-state index in [1.54, 1.807) is 0 Å². The molecular weight excluding hydrogens is 162 g/mol. The van der Waals surface area contributed by atoms with Crippen LogP contribution in [-0.2, 0) is 6.42 Å². The number of hydrogen-bond donors (Lipinski definition) is 1. The highest BCUT2D eigenvalue weighted by molar-refractivity contribution is 5.11. The molecular formula is C11H17NO. The minimum atomic E-state index is 0.477. The van der Waals surface area contributed by atoms with Crippen LogP contribution in [0.5, 0.6) is 0 Å². The molecule has 2 heteroatoms. The molecule has 1 N–H and O–H groups in total. The van der Waals surface area contributed by atoms with Gasteiger partial charge in [0.1, 0.15) is 11.5 Å². The van der Waals surface area contributed by atoms with E-state index >= 15 is 0 Å². The second-order valence-corrected chi connectivity index (χ2v) is 3.70. The monoisotopic (exact) mass is 179 g/mol. The Morgan fingerprint density at radius 3 is 3.15 bits per heavy atom. The zero-order valence-corrected chi connectivity index (χ0v) is 8.18. The molecule has 13 heavy (non-hydrogen) atoms. The van der Waals surface area contributed by atoms with Crippen LogP contribution in [-0.4, -0.2) is 6.54 Å². The third-order valence-corrected chi connectivity index (χ3v) is 2.58. The average Bonchev–Trinajstić information content (AvgIpc) is 2.70. The maximum absolute atomic E-state index is 5.75. The van der Waals surface area contributed by atoms with Gasteiger partial charge in [-0.3, -0.25) is 0 Å². The van der Waals surface area contributed by atoms with Crippen molar-refractivity contribution in [3.63, 3.8) is 0 Å². The van der Waals surface area contributed by atoms with Gasteiger partial charge in [0.05, 0.1) is 6.04 Å². The number of nitrogens with one attached hydrogen (secondary N) is 1. The van der Waals surface area contributed by atoms with E-state index in [0.29, 0.717) is 6.04 Å². The lowest BCUT2D eigenvalue weighted by atomic mass is 10.2. The van der Waals surface area contributed by atoms with Crippen molar-refractivity contribution in [2.75, 3.05) is 6.54 Å². The van der Waals surface area contributed by atoms with Crippen LogP contribution in [0.3, 0.4) is 0 Å². The van der Waals surface area contributed by atoms with Gasteiger partial charge in [-0.15, -0.1) is 0 Å². The van der Waals surface area contributed by atoms with Crippen LogP contribution in [0.15, 0.2) is 16.5 Å². The summed E-state index contributed by atoms with van der Waals surface area (Å²) in [5.41, 5.74) is 0. The summed E-state index contributed by atoms with van der Waals surface area (Å²) >= 11 is 0. The zero-order chi connectivity index (χ0) is 9.10. The second kappa shape index (κ2) is 3.97. The molecule has 1 aliphatic heterocycles. The Kier molecular flexibility index (Phi) is 2.69. The first-order chi connectivity index (χ1) is 6.40. The van der Waals surface area contributed by atoms with Crippen LogP contribution in [0.4, 0.5) is 0 Å². The van der Waals surface area contributed by atoms with E-state index in [1.165, 1.54) is 12.8 Å². The largest absolute Gasteiger partial charge is 0.464 e. The summed E-state index contributed by atoms with van der Waals surface area (Å²) in [5, 5.41) is 3.43. The Bertz CT molecular complexity index is 261. The Balaban J connectivity index is 2.03. The maximum Gasteiger partial charge on any atom is 0.121 e. The lowest BCUT2D eigenvalue weighted by Gasteiger charge is -2.05. The maximum atomic E-state index is 5.75. The van der Waals surface area contributed by atoms with Gasteiger partial charge in [0.25, 0.3) is 0 Å². The van der Waals surface area contributed by atoms with Gasteiger partial charge in [0.2, 0.25) is 0 Å². The van der Waals surface area contributed by atoms with Gasteiger partial charge < -0.3 is 9.73 Å². The Morgan fingerprint density at radius 1 is 1.54 bits per heavy atom. The van der Waals surface area contributed by atoms with E-state index in [9.17, 15) is 0 Å². The van der Waals surface area contributed by atoms with Gasteiger partial charge in [-0.25, -0.2) is 0 Å². The molecule has 1 aliphatic rings. The highest BCUT2D eigenvalue weighted by Crippen LogP contribution is 2.24. The SMILES string of the molecule is CCCc1ccc([C@@H]2CCCN2)o1. The molecule has 1 fully saturated rings. The number of aryl methyl sites for hydroxylation is 1. The topological polar surface area (TPSA) is 25.2 Å². The molecule has 1 saturated heterocycles. The standard InChI is InChI=1S/C11H17NO/c1-2-4-9-6-7-11(13-9)10-5-3-8-12-10/h6-7,10,12H,2-5,8H2,1H3/t10-/m0/s1. The molecule has 1 aromatic heterocycles. The van der Waals surface area contributed by atoms with Crippen molar-refractivity contribution < 1.29 is 4.42 Å². The zero-order valence-electron chi connectivity index (χ0n) is 8.18. The number of rotatable bonds is 3. The van der Waals surface area contributed by atoms with Crippen molar-refractivity contribution in [3.8, 4) is 0 Å². The van der Waals surface area contributed by atoms with Gasteiger partial charge in [0.15, 0.2) is 0 Å². The molecule has 2 heterocycles. The van der Waals surface area contributed by atoms with E-state index < -0.39 is 0 Å². The molecule has 0 unspecified atom stereocenters. The van der Waals surface area contributed by atoms with E-state index in [1.807, 2.05) is 0 Å². The van der Waals surface area contributed by atoms with Crippen LogP contribution >= 0.6 is 0 Å². The predicted octanol–water partition coefficient (Wildman–Crippen LogP) is 2.66. The minimum Gasteiger partial charge on any atom is -0.464 e. The molecule has 0 amide bonds. The fraction of sp³-hybridized carbons (Fsp3) is 0.636. The molecule has 0 aliphatic carbocycles.